The first-order valence-electron chi connectivity index (χ1n) is 5.25. The second kappa shape index (κ2) is 5.60. The van der Waals surface area contributed by atoms with E-state index in [-0.39, 0.29) is 9.78 Å². The Balaban J connectivity index is 2.96. The molecule has 1 aromatic rings. The van der Waals surface area contributed by atoms with Crippen LogP contribution in [-0.4, -0.2) is 41.1 Å². The molecule has 0 aliphatic rings. The molecule has 1 heterocycles. The van der Waals surface area contributed by atoms with E-state index in [1.54, 1.807) is 13.8 Å². The molecule has 0 aromatic carbocycles. The number of rotatable bonds is 4. The zero-order valence-corrected chi connectivity index (χ0v) is 11.1. The van der Waals surface area contributed by atoms with E-state index < -0.39 is 31.1 Å². The van der Waals surface area contributed by atoms with Crippen LogP contribution in [0.25, 0.3) is 0 Å². The van der Waals surface area contributed by atoms with Gasteiger partial charge in [0.1, 0.15) is 13.1 Å². The zero-order chi connectivity index (χ0) is 14.8. The van der Waals surface area contributed by atoms with E-state index in [1.165, 1.54) is 6.07 Å². The van der Waals surface area contributed by atoms with Crippen LogP contribution in [0, 0.1) is 13.8 Å². The number of alkyl halides is 3. The number of carbonyl (C=O) groups excluding carboxylic acids is 1. The van der Waals surface area contributed by atoms with Gasteiger partial charge in [-0.1, -0.05) is 0 Å². The van der Waals surface area contributed by atoms with Crippen LogP contribution in [0.15, 0.2) is 6.07 Å². The maximum atomic E-state index is 12.3. The summed E-state index contributed by atoms with van der Waals surface area (Å²) in [5.74, 6) is -2.40. The molecule has 1 rings (SSSR count). The number of hydrogen-bond donors (Lipinski definition) is 1. The van der Waals surface area contributed by atoms with Gasteiger partial charge in [-0.05, 0) is 25.5 Å². The summed E-state index contributed by atoms with van der Waals surface area (Å²) in [6.45, 7) is 0.915. The van der Waals surface area contributed by atoms with E-state index in [9.17, 15) is 22.8 Å². The van der Waals surface area contributed by atoms with Crippen molar-refractivity contribution < 1.29 is 27.9 Å². The van der Waals surface area contributed by atoms with Crippen molar-refractivity contribution in [2.75, 3.05) is 13.1 Å². The molecule has 106 valence electrons. The molecule has 0 bridgehead atoms. The lowest BCUT2D eigenvalue weighted by molar-refractivity contribution is -0.149. The third-order valence-corrected chi connectivity index (χ3v) is 3.50. The van der Waals surface area contributed by atoms with E-state index in [2.05, 4.69) is 0 Å². The van der Waals surface area contributed by atoms with Crippen LogP contribution in [0.3, 0.4) is 0 Å². The second-order valence-corrected chi connectivity index (χ2v) is 5.28. The molecule has 0 spiro atoms. The van der Waals surface area contributed by atoms with Gasteiger partial charge >= 0.3 is 12.1 Å². The van der Waals surface area contributed by atoms with Gasteiger partial charge in [0.2, 0.25) is 0 Å². The fourth-order valence-corrected chi connectivity index (χ4v) is 2.42. The molecule has 19 heavy (non-hydrogen) atoms. The Labute approximate surface area is 111 Å². The monoisotopic (exact) mass is 295 g/mol. The molecular formula is C11H12F3NO3S. The standard InChI is InChI=1S/C11H12F3NO3S/c1-6-3-8(19-7(6)2)10(18)15(4-9(16)17)5-11(12,13)14/h3H,4-5H2,1-2H3,(H,16,17). The van der Waals surface area contributed by atoms with Crippen molar-refractivity contribution in [3.8, 4) is 0 Å². The highest BCUT2D eigenvalue weighted by molar-refractivity contribution is 7.14. The van der Waals surface area contributed by atoms with Crippen molar-refractivity contribution in [1.82, 2.24) is 4.90 Å². The molecule has 0 aliphatic heterocycles. The van der Waals surface area contributed by atoms with Crippen LogP contribution >= 0.6 is 11.3 Å². The summed E-state index contributed by atoms with van der Waals surface area (Å²) in [6, 6.07) is 1.47. The number of carboxylic acids is 1. The van der Waals surface area contributed by atoms with E-state index in [0.717, 1.165) is 21.8 Å². The summed E-state index contributed by atoms with van der Waals surface area (Å²) >= 11 is 1.05. The molecular weight excluding hydrogens is 283 g/mol. The third kappa shape index (κ3) is 4.55. The minimum atomic E-state index is -4.63. The largest absolute Gasteiger partial charge is 0.480 e. The van der Waals surface area contributed by atoms with Crippen molar-refractivity contribution >= 4 is 23.2 Å². The summed E-state index contributed by atoms with van der Waals surface area (Å²) < 4.78 is 37.0. The van der Waals surface area contributed by atoms with E-state index in [0.29, 0.717) is 0 Å². The predicted octanol–water partition coefficient (Wildman–Crippen LogP) is 2.45. The molecule has 0 unspecified atom stereocenters. The van der Waals surface area contributed by atoms with Crippen molar-refractivity contribution in [1.29, 1.82) is 0 Å². The summed E-state index contributed by atoms with van der Waals surface area (Å²) in [4.78, 5) is 23.6. The lowest BCUT2D eigenvalue weighted by atomic mass is 10.2. The number of amides is 1. The number of aliphatic carboxylic acids is 1. The Hall–Kier alpha value is -1.57. The second-order valence-electron chi connectivity index (χ2n) is 4.02. The van der Waals surface area contributed by atoms with Crippen LogP contribution in [0.1, 0.15) is 20.1 Å². The van der Waals surface area contributed by atoms with E-state index in [4.69, 9.17) is 5.11 Å². The molecule has 1 N–H and O–H groups in total. The molecule has 4 nitrogen and oxygen atoms in total. The lowest BCUT2D eigenvalue weighted by Gasteiger charge is -2.21. The molecule has 0 fully saturated rings. The normalized spacial score (nSPS) is 11.4. The van der Waals surface area contributed by atoms with Crippen LogP contribution in [0.2, 0.25) is 0 Å². The van der Waals surface area contributed by atoms with Gasteiger partial charge in [-0.2, -0.15) is 13.2 Å². The van der Waals surface area contributed by atoms with Gasteiger partial charge < -0.3 is 10.0 Å². The van der Waals surface area contributed by atoms with Crippen LogP contribution in [0.4, 0.5) is 13.2 Å². The average molecular weight is 295 g/mol. The van der Waals surface area contributed by atoms with Crippen LogP contribution < -0.4 is 0 Å². The van der Waals surface area contributed by atoms with Crippen molar-refractivity contribution in [3.63, 3.8) is 0 Å². The Morgan fingerprint density at radius 2 is 1.95 bits per heavy atom. The number of carbonyl (C=O) groups is 2. The third-order valence-electron chi connectivity index (χ3n) is 2.36. The summed E-state index contributed by atoms with van der Waals surface area (Å²) in [6.07, 6.45) is -4.63. The SMILES string of the molecule is Cc1cc(C(=O)N(CC(=O)O)CC(F)(F)F)sc1C. The fourth-order valence-electron chi connectivity index (χ4n) is 1.41. The Kier molecular flexibility index (Phi) is 4.56. The first-order chi connectivity index (χ1) is 8.60. The highest BCUT2D eigenvalue weighted by Crippen LogP contribution is 2.24. The van der Waals surface area contributed by atoms with Gasteiger partial charge in [0.15, 0.2) is 0 Å². The average Bonchev–Trinajstić information content (AvgIpc) is 2.54. The highest BCUT2D eigenvalue weighted by atomic mass is 32.1. The topological polar surface area (TPSA) is 57.6 Å². The summed E-state index contributed by atoms with van der Waals surface area (Å²) in [5, 5.41) is 8.58. The minimum absolute atomic E-state index is 0.112. The number of carboxylic acid groups (broad SMARTS) is 1. The molecule has 0 aliphatic carbocycles. The number of halogens is 3. The molecule has 0 atom stereocenters. The Bertz CT molecular complexity index is 476. The lowest BCUT2D eigenvalue weighted by Crippen LogP contribution is -2.41. The van der Waals surface area contributed by atoms with Gasteiger partial charge in [-0.25, -0.2) is 0 Å². The van der Waals surface area contributed by atoms with Gasteiger partial charge in [0, 0.05) is 4.88 Å². The molecule has 1 aromatic heterocycles. The van der Waals surface area contributed by atoms with Crippen molar-refractivity contribution in [2.45, 2.75) is 20.0 Å². The molecule has 1 amide bonds. The van der Waals surface area contributed by atoms with E-state index in [1.807, 2.05) is 0 Å². The van der Waals surface area contributed by atoms with Gasteiger partial charge in [-0.15, -0.1) is 11.3 Å². The first kappa shape index (κ1) is 15.5. The number of nitrogens with zero attached hydrogens (tertiary/aromatic N) is 1. The first-order valence-corrected chi connectivity index (χ1v) is 6.06. The van der Waals surface area contributed by atoms with Crippen LogP contribution in [0.5, 0.6) is 0 Å². The fraction of sp³-hybridized carbons (Fsp3) is 0.455. The molecule has 0 radical (unpaired) electrons. The maximum absolute atomic E-state index is 12.3. The Morgan fingerprint density at radius 1 is 1.37 bits per heavy atom. The minimum Gasteiger partial charge on any atom is -0.480 e. The Morgan fingerprint density at radius 3 is 2.32 bits per heavy atom. The van der Waals surface area contributed by atoms with Crippen LogP contribution in [-0.2, 0) is 4.79 Å². The summed E-state index contributed by atoms with van der Waals surface area (Å²) in [7, 11) is 0. The zero-order valence-electron chi connectivity index (χ0n) is 10.2. The predicted molar refractivity (Wildman–Crippen MR) is 63.4 cm³/mol. The van der Waals surface area contributed by atoms with E-state index >= 15 is 0 Å². The van der Waals surface area contributed by atoms with Crippen molar-refractivity contribution in [2.24, 2.45) is 0 Å². The molecule has 0 saturated heterocycles. The number of aryl methyl sites for hydroxylation is 2. The smallest absolute Gasteiger partial charge is 0.406 e. The maximum Gasteiger partial charge on any atom is 0.406 e. The van der Waals surface area contributed by atoms with Gasteiger partial charge in [0.05, 0.1) is 4.88 Å². The number of hydrogen-bond acceptors (Lipinski definition) is 3. The summed E-state index contributed by atoms with van der Waals surface area (Å²) in [5.41, 5.74) is 0.788. The van der Waals surface area contributed by atoms with Gasteiger partial charge in [-0.3, -0.25) is 9.59 Å². The quantitative estimate of drug-likeness (QED) is 0.928. The molecule has 0 saturated carbocycles. The van der Waals surface area contributed by atoms with Gasteiger partial charge in [0.25, 0.3) is 5.91 Å². The van der Waals surface area contributed by atoms with Crippen molar-refractivity contribution in [3.05, 3.63) is 21.4 Å². The molecule has 8 heteroatoms. The number of thiophene rings is 1. The highest BCUT2D eigenvalue weighted by Gasteiger charge is 2.34.